The molecule has 0 saturated carbocycles. The lowest BCUT2D eigenvalue weighted by Gasteiger charge is -2.03. The van der Waals surface area contributed by atoms with Crippen molar-refractivity contribution in [3.05, 3.63) is 20.8 Å². The minimum absolute atomic E-state index is 0.00400. The fourth-order valence-electron chi connectivity index (χ4n) is 2.16. The van der Waals surface area contributed by atoms with E-state index in [1.807, 2.05) is 0 Å². The Bertz CT molecular complexity index is 899. The van der Waals surface area contributed by atoms with E-state index in [9.17, 15) is 14.4 Å². The van der Waals surface area contributed by atoms with Gasteiger partial charge in [-0.15, -0.1) is 0 Å². The van der Waals surface area contributed by atoms with Gasteiger partial charge in [-0.2, -0.15) is 10.1 Å². The van der Waals surface area contributed by atoms with E-state index in [0.29, 0.717) is 17.2 Å². The number of anilines is 1. The molecule has 2 aromatic heterocycles. The molecule has 0 aliphatic rings. The second-order valence-corrected chi connectivity index (χ2v) is 5.21. The Morgan fingerprint density at radius 3 is 2.36 bits per heavy atom. The number of hydrazone groups is 1. The maximum Gasteiger partial charge on any atom is 0.332 e. The van der Waals surface area contributed by atoms with Crippen LogP contribution in [-0.4, -0.2) is 30.2 Å². The number of imidazole rings is 1. The number of carbonyl (C=O) groups excluding carboxylic acids is 1. The van der Waals surface area contributed by atoms with Crippen molar-refractivity contribution in [3.63, 3.8) is 0 Å². The van der Waals surface area contributed by atoms with Crippen molar-refractivity contribution in [1.82, 2.24) is 18.7 Å². The average Bonchev–Trinajstić information content (AvgIpc) is 2.77. The first-order valence-electron chi connectivity index (χ1n) is 6.65. The summed E-state index contributed by atoms with van der Waals surface area (Å²) in [5, 5.41) is 4.06. The molecule has 0 fully saturated rings. The summed E-state index contributed by atoms with van der Waals surface area (Å²) in [5.41, 5.74) is 3.03. The van der Waals surface area contributed by atoms with E-state index < -0.39 is 11.2 Å². The lowest BCUT2D eigenvalue weighted by atomic mass is 10.2. The molecule has 0 atom stereocenters. The highest BCUT2D eigenvalue weighted by Crippen LogP contribution is 2.13. The van der Waals surface area contributed by atoms with Crippen LogP contribution >= 0.6 is 0 Å². The molecule has 0 spiro atoms. The van der Waals surface area contributed by atoms with Crippen molar-refractivity contribution in [2.75, 3.05) is 5.43 Å². The fraction of sp³-hybridized carbons (Fsp3) is 0.462. The smallest absolute Gasteiger partial charge is 0.306 e. The standard InChI is InChI=1S/C13H18N6O3/c1-7(6-8(2)20)15-16-12-14-10-9(17(12)3)11(21)19(5)13(22)18(10)4/h6H2,1-5H3,(H,14,16). The number of aromatic nitrogens is 4. The Morgan fingerprint density at radius 1 is 1.14 bits per heavy atom. The number of nitrogens with one attached hydrogen (secondary N) is 1. The number of rotatable bonds is 4. The average molecular weight is 306 g/mol. The Kier molecular flexibility index (Phi) is 3.98. The molecule has 9 nitrogen and oxygen atoms in total. The summed E-state index contributed by atoms with van der Waals surface area (Å²) < 4.78 is 3.85. The van der Waals surface area contributed by atoms with Gasteiger partial charge in [0, 0.05) is 33.3 Å². The molecule has 2 heterocycles. The van der Waals surface area contributed by atoms with Gasteiger partial charge in [0.05, 0.1) is 0 Å². The molecule has 0 unspecified atom stereocenters. The molecule has 118 valence electrons. The zero-order valence-electron chi connectivity index (χ0n) is 13.2. The molecule has 0 radical (unpaired) electrons. The SMILES string of the molecule is CC(=O)CC(C)=NNc1nc2c(c(=O)n(C)c(=O)n2C)n1C. The van der Waals surface area contributed by atoms with E-state index in [-0.39, 0.29) is 17.9 Å². The fourth-order valence-corrected chi connectivity index (χ4v) is 2.16. The third kappa shape index (κ3) is 2.57. The lowest BCUT2D eigenvalue weighted by molar-refractivity contribution is -0.115. The lowest BCUT2D eigenvalue weighted by Crippen LogP contribution is -2.37. The van der Waals surface area contributed by atoms with Gasteiger partial charge < -0.3 is 4.57 Å². The van der Waals surface area contributed by atoms with E-state index in [1.54, 1.807) is 21.0 Å². The van der Waals surface area contributed by atoms with E-state index in [0.717, 1.165) is 4.57 Å². The number of ketones is 1. The molecular weight excluding hydrogens is 288 g/mol. The highest BCUT2D eigenvalue weighted by atomic mass is 16.2. The predicted octanol–water partition coefficient (Wildman–Crippen LogP) is -0.262. The summed E-state index contributed by atoms with van der Waals surface area (Å²) in [7, 11) is 4.61. The topological polar surface area (TPSA) is 103 Å². The van der Waals surface area contributed by atoms with Crippen molar-refractivity contribution in [2.24, 2.45) is 26.2 Å². The monoisotopic (exact) mass is 306 g/mol. The number of carbonyl (C=O) groups is 1. The van der Waals surface area contributed by atoms with Crippen LogP contribution in [0.25, 0.3) is 11.2 Å². The molecule has 0 aliphatic heterocycles. The highest BCUT2D eigenvalue weighted by molar-refractivity contribution is 5.99. The first-order chi connectivity index (χ1) is 10.2. The Hall–Kier alpha value is -2.71. The Morgan fingerprint density at radius 2 is 1.77 bits per heavy atom. The molecule has 0 aromatic carbocycles. The largest absolute Gasteiger partial charge is 0.332 e. The Balaban J connectivity index is 2.55. The zero-order valence-corrected chi connectivity index (χ0v) is 13.2. The van der Waals surface area contributed by atoms with E-state index in [4.69, 9.17) is 0 Å². The van der Waals surface area contributed by atoms with Crippen molar-refractivity contribution in [3.8, 4) is 0 Å². The van der Waals surface area contributed by atoms with Crippen LogP contribution < -0.4 is 16.7 Å². The van der Waals surface area contributed by atoms with Crippen LogP contribution in [0.2, 0.25) is 0 Å². The van der Waals surface area contributed by atoms with Crippen molar-refractivity contribution in [2.45, 2.75) is 20.3 Å². The van der Waals surface area contributed by atoms with E-state index >= 15 is 0 Å². The number of fused-ring (bicyclic) bond motifs is 1. The maximum atomic E-state index is 12.2. The second-order valence-electron chi connectivity index (χ2n) is 5.21. The second kappa shape index (κ2) is 5.58. The molecule has 0 amide bonds. The molecule has 1 N–H and O–H groups in total. The van der Waals surface area contributed by atoms with Gasteiger partial charge in [0.25, 0.3) is 5.56 Å². The minimum atomic E-state index is -0.446. The Labute approximate surface area is 125 Å². The van der Waals surface area contributed by atoms with Crippen LogP contribution in [0.1, 0.15) is 20.3 Å². The quantitative estimate of drug-likeness (QED) is 0.619. The van der Waals surface area contributed by atoms with Gasteiger partial charge in [0.2, 0.25) is 5.95 Å². The van der Waals surface area contributed by atoms with Gasteiger partial charge in [0.15, 0.2) is 11.2 Å². The molecule has 2 aromatic rings. The van der Waals surface area contributed by atoms with Crippen molar-refractivity contribution in [1.29, 1.82) is 0 Å². The van der Waals surface area contributed by atoms with Crippen LogP contribution in [0, 0.1) is 0 Å². The third-order valence-electron chi connectivity index (χ3n) is 3.33. The van der Waals surface area contributed by atoms with Crippen LogP contribution in [0.5, 0.6) is 0 Å². The van der Waals surface area contributed by atoms with Gasteiger partial charge in [-0.25, -0.2) is 10.2 Å². The summed E-state index contributed by atoms with van der Waals surface area (Å²) >= 11 is 0. The summed E-state index contributed by atoms with van der Waals surface area (Å²) in [6, 6.07) is 0. The van der Waals surface area contributed by atoms with Crippen LogP contribution in [0.4, 0.5) is 5.95 Å². The molecule has 0 saturated heterocycles. The molecule has 0 bridgehead atoms. The molecule has 0 aliphatic carbocycles. The van der Waals surface area contributed by atoms with Gasteiger partial charge in [-0.05, 0) is 13.8 Å². The third-order valence-corrected chi connectivity index (χ3v) is 3.33. The number of nitrogens with zero attached hydrogens (tertiary/aromatic N) is 5. The molecule has 9 heteroatoms. The highest BCUT2D eigenvalue weighted by Gasteiger charge is 2.16. The van der Waals surface area contributed by atoms with E-state index in [2.05, 4.69) is 15.5 Å². The number of Topliss-reactive ketones (excluding diaryl/α,β-unsaturated/α-hetero) is 1. The van der Waals surface area contributed by atoms with Gasteiger partial charge in [-0.3, -0.25) is 18.7 Å². The normalized spacial score (nSPS) is 12.0. The van der Waals surface area contributed by atoms with Crippen molar-refractivity contribution < 1.29 is 4.79 Å². The first kappa shape index (κ1) is 15.7. The number of aryl methyl sites for hydroxylation is 2. The van der Waals surface area contributed by atoms with Gasteiger partial charge in [-0.1, -0.05) is 0 Å². The van der Waals surface area contributed by atoms with Crippen molar-refractivity contribution >= 4 is 28.6 Å². The number of hydrogen-bond acceptors (Lipinski definition) is 6. The first-order valence-corrected chi connectivity index (χ1v) is 6.65. The molecular formula is C13H18N6O3. The molecule has 2 rings (SSSR count). The minimum Gasteiger partial charge on any atom is -0.306 e. The van der Waals surface area contributed by atoms with Gasteiger partial charge >= 0.3 is 5.69 Å². The predicted molar refractivity (Wildman–Crippen MR) is 83.2 cm³/mol. The molecule has 22 heavy (non-hydrogen) atoms. The van der Waals surface area contributed by atoms with E-state index in [1.165, 1.54) is 23.1 Å². The van der Waals surface area contributed by atoms with Crippen LogP contribution in [-0.2, 0) is 25.9 Å². The number of hydrogen-bond donors (Lipinski definition) is 1. The van der Waals surface area contributed by atoms with Crippen LogP contribution in [0.3, 0.4) is 0 Å². The van der Waals surface area contributed by atoms with Gasteiger partial charge in [0.1, 0.15) is 5.78 Å². The zero-order chi connectivity index (χ0) is 16.6. The summed E-state index contributed by atoms with van der Waals surface area (Å²) in [6.07, 6.45) is 0.233. The summed E-state index contributed by atoms with van der Waals surface area (Å²) in [6.45, 7) is 3.19. The summed E-state index contributed by atoms with van der Waals surface area (Å²) in [4.78, 5) is 39.4. The summed E-state index contributed by atoms with van der Waals surface area (Å²) in [5.74, 6) is 0.320. The van der Waals surface area contributed by atoms with Crippen LogP contribution in [0.15, 0.2) is 14.7 Å². The maximum absolute atomic E-state index is 12.2.